The van der Waals surface area contributed by atoms with Gasteiger partial charge in [-0.3, -0.25) is 9.59 Å². The molecule has 32 heavy (non-hydrogen) atoms. The van der Waals surface area contributed by atoms with Gasteiger partial charge in [0.05, 0.1) is 18.1 Å². The van der Waals surface area contributed by atoms with E-state index in [0.717, 1.165) is 28.0 Å². The molecule has 5 aliphatic rings. The molecule has 4 aliphatic carbocycles. The second kappa shape index (κ2) is 6.52. The Morgan fingerprint density at radius 3 is 2.25 bits per heavy atom. The van der Waals surface area contributed by atoms with Crippen LogP contribution in [0.2, 0.25) is 0 Å². The summed E-state index contributed by atoms with van der Waals surface area (Å²) >= 11 is 0. The summed E-state index contributed by atoms with van der Waals surface area (Å²) in [4.78, 5) is 26.4. The highest BCUT2D eigenvalue weighted by atomic mass is 16.2. The fraction of sp³-hybridized carbons (Fsp3) is 0.296. The quantitative estimate of drug-likeness (QED) is 0.362. The van der Waals surface area contributed by atoms with Crippen molar-refractivity contribution in [2.75, 3.05) is 0 Å². The summed E-state index contributed by atoms with van der Waals surface area (Å²) in [6.07, 6.45) is 9.29. The van der Waals surface area contributed by atoms with Crippen molar-refractivity contribution in [1.29, 1.82) is 0 Å². The van der Waals surface area contributed by atoms with Crippen molar-refractivity contribution in [3.8, 4) is 0 Å². The van der Waals surface area contributed by atoms with E-state index >= 15 is 0 Å². The van der Waals surface area contributed by atoms with Gasteiger partial charge in [-0.15, -0.1) is 0 Å². The molecule has 2 saturated carbocycles. The number of benzene rings is 2. The van der Waals surface area contributed by atoms with Gasteiger partial charge in [0.1, 0.15) is 0 Å². The third-order valence-corrected chi connectivity index (χ3v) is 7.97. The lowest BCUT2D eigenvalue weighted by Gasteiger charge is -2.37. The van der Waals surface area contributed by atoms with Crippen molar-refractivity contribution in [2.45, 2.75) is 13.0 Å². The summed E-state index contributed by atoms with van der Waals surface area (Å²) in [5.74, 6) is 0.989. The van der Waals surface area contributed by atoms with E-state index in [0.29, 0.717) is 11.8 Å². The van der Waals surface area contributed by atoms with Gasteiger partial charge >= 0.3 is 0 Å². The molecule has 3 aromatic rings. The Labute approximate surface area is 186 Å². The van der Waals surface area contributed by atoms with Crippen LogP contribution in [0.1, 0.15) is 17.5 Å². The van der Waals surface area contributed by atoms with E-state index in [1.54, 1.807) is 6.21 Å². The molecule has 5 nitrogen and oxygen atoms in total. The lowest BCUT2D eigenvalue weighted by Crippen LogP contribution is -2.40. The van der Waals surface area contributed by atoms with Crippen LogP contribution in [0.4, 0.5) is 0 Å². The van der Waals surface area contributed by atoms with E-state index in [9.17, 15) is 9.59 Å². The van der Waals surface area contributed by atoms with E-state index in [-0.39, 0.29) is 35.5 Å². The SMILES string of the molecule is O=C1[C@@H]2[C@@H]3C=C[C@H]([C@H]4C[C@H]34)[C@@H]2C(=O)N1/N=C/c1cn(Cc2ccccc2)c2ccccc12. The van der Waals surface area contributed by atoms with Crippen molar-refractivity contribution in [3.05, 3.63) is 84.1 Å². The molecule has 8 rings (SSSR count). The Morgan fingerprint density at radius 2 is 1.53 bits per heavy atom. The predicted molar refractivity (Wildman–Crippen MR) is 122 cm³/mol. The first-order chi connectivity index (χ1) is 15.7. The average Bonchev–Trinajstić information content (AvgIpc) is 3.54. The summed E-state index contributed by atoms with van der Waals surface area (Å²) in [7, 11) is 0. The van der Waals surface area contributed by atoms with Crippen molar-refractivity contribution in [3.63, 3.8) is 0 Å². The third kappa shape index (κ3) is 2.48. The molecular formula is C27H23N3O2. The van der Waals surface area contributed by atoms with Crippen molar-refractivity contribution in [2.24, 2.45) is 40.6 Å². The fourth-order valence-corrected chi connectivity index (χ4v) is 6.46. The Hall–Kier alpha value is -3.47. The summed E-state index contributed by atoms with van der Waals surface area (Å²) in [6, 6.07) is 18.5. The predicted octanol–water partition coefficient (Wildman–Crippen LogP) is 4.08. The number of para-hydroxylation sites is 1. The second-order valence-electron chi connectivity index (χ2n) is 9.60. The minimum absolute atomic E-state index is 0.117. The molecule has 1 saturated heterocycles. The van der Waals surface area contributed by atoms with Crippen LogP contribution in [0.25, 0.3) is 10.9 Å². The van der Waals surface area contributed by atoms with Crippen LogP contribution < -0.4 is 0 Å². The molecule has 2 aromatic carbocycles. The van der Waals surface area contributed by atoms with Gasteiger partial charge in [-0.25, -0.2) is 0 Å². The standard InChI is InChI=1S/C27H23N3O2/c31-26-24-19-10-11-20(22-12-21(19)22)25(24)27(32)30(26)28-13-17-15-29(14-16-6-2-1-3-7-16)23-9-5-4-8-18(17)23/h1-11,13,15,19-22,24-25H,12,14H2/b28-13+/t19-,20-,21-,22-,24-,25+/m1/s1. The van der Waals surface area contributed by atoms with Crippen LogP contribution in [0, 0.1) is 35.5 Å². The lowest BCUT2D eigenvalue weighted by molar-refractivity contribution is -0.140. The maximum Gasteiger partial charge on any atom is 0.254 e. The number of aromatic nitrogens is 1. The highest BCUT2D eigenvalue weighted by molar-refractivity contribution is 6.07. The van der Waals surface area contributed by atoms with Crippen LogP contribution in [0.5, 0.6) is 0 Å². The Morgan fingerprint density at radius 1 is 0.875 bits per heavy atom. The van der Waals surface area contributed by atoms with Crippen LogP contribution in [0.3, 0.4) is 0 Å². The Kier molecular flexibility index (Phi) is 3.69. The minimum Gasteiger partial charge on any atom is -0.342 e. The monoisotopic (exact) mass is 421 g/mol. The number of amides is 2. The number of hydrogen-bond donors (Lipinski definition) is 0. The number of hydrazone groups is 1. The summed E-state index contributed by atoms with van der Waals surface area (Å²) in [5, 5.41) is 6.68. The number of allylic oxidation sites excluding steroid dienone is 2. The van der Waals surface area contributed by atoms with Gasteiger partial charge in [-0.05, 0) is 41.7 Å². The molecule has 1 aliphatic heterocycles. The van der Waals surface area contributed by atoms with E-state index in [4.69, 9.17) is 0 Å². The van der Waals surface area contributed by atoms with Crippen LogP contribution in [0.15, 0.2) is 78.0 Å². The van der Waals surface area contributed by atoms with Gasteiger partial charge in [-0.1, -0.05) is 60.7 Å². The van der Waals surface area contributed by atoms with E-state index in [1.165, 1.54) is 12.0 Å². The van der Waals surface area contributed by atoms with Crippen LogP contribution in [-0.2, 0) is 16.1 Å². The zero-order chi connectivity index (χ0) is 21.4. The first-order valence-corrected chi connectivity index (χ1v) is 11.4. The first-order valence-electron chi connectivity index (χ1n) is 11.4. The number of carbonyl (C=O) groups is 2. The topological polar surface area (TPSA) is 54.7 Å². The second-order valence-corrected chi connectivity index (χ2v) is 9.60. The van der Waals surface area contributed by atoms with Crippen molar-refractivity contribution < 1.29 is 9.59 Å². The average molecular weight is 422 g/mol. The normalized spacial score (nSPS) is 32.2. The van der Waals surface area contributed by atoms with Gasteiger partial charge in [0.2, 0.25) is 0 Å². The molecule has 2 amide bonds. The first kappa shape index (κ1) is 18.1. The molecule has 0 unspecified atom stereocenters. The zero-order valence-corrected chi connectivity index (χ0v) is 17.5. The van der Waals surface area contributed by atoms with Crippen molar-refractivity contribution >= 4 is 28.9 Å². The molecule has 0 N–H and O–H groups in total. The van der Waals surface area contributed by atoms with Crippen LogP contribution in [-0.4, -0.2) is 27.6 Å². The molecule has 6 atom stereocenters. The minimum atomic E-state index is -0.210. The van der Waals surface area contributed by atoms with Gasteiger partial charge in [0.15, 0.2) is 0 Å². The molecule has 1 aromatic heterocycles. The maximum absolute atomic E-state index is 13.2. The van der Waals surface area contributed by atoms with E-state index in [1.807, 2.05) is 30.3 Å². The molecule has 158 valence electrons. The number of rotatable bonds is 4. The van der Waals surface area contributed by atoms with Crippen molar-refractivity contribution in [1.82, 2.24) is 9.58 Å². The van der Waals surface area contributed by atoms with E-state index in [2.05, 4.69) is 52.3 Å². The highest BCUT2D eigenvalue weighted by Crippen LogP contribution is 2.65. The van der Waals surface area contributed by atoms with E-state index < -0.39 is 0 Å². The lowest BCUT2D eigenvalue weighted by atomic mass is 9.63. The summed E-state index contributed by atoms with van der Waals surface area (Å²) < 4.78 is 2.19. The molecule has 0 spiro atoms. The molecule has 0 radical (unpaired) electrons. The molecule has 5 heteroatoms. The number of carbonyl (C=O) groups excluding carboxylic acids is 2. The van der Waals surface area contributed by atoms with Gasteiger partial charge in [-0.2, -0.15) is 10.1 Å². The Balaban J connectivity index is 1.21. The Bertz CT molecular complexity index is 1290. The summed E-state index contributed by atoms with van der Waals surface area (Å²) in [5.41, 5.74) is 3.23. The van der Waals surface area contributed by atoms with Gasteiger partial charge < -0.3 is 4.57 Å². The van der Waals surface area contributed by atoms with Crippen LogP contribution >= 0.6 is 0 Å². The number of imide groups is 1. The van der Waals surface area contributed by atoms with Gasteiger partial charge in [0, 0.05) is 29.2 Å². The number of fused-ring (bicyclic) bond motifs is 1. The zero-order valence-electron chi connectivity index (χ0n) is 17.5. The fourth-order valence-electron chi connectivity index (χ4n) is 6.46. The smallest absolute Gasteiger partial charge is 0.254 e. The van der Waals surface area contributed by atoms with Gasteiger partial charge in [0.25, 0.3) is 11.8 Å². The summed E-state index contributed by atoms with van der Waals surface area (Å²) in [6.45, 7) is 0.749. The third-order valence-electron chi connectivity index (χ3n) is 7.97. The number of nitrogens with zero attached hydrogens (tertiary/aromatic N) is 3. The molecule has 2 heterocycles. The number of hydrogen-bond acceptors (Lipinski definition) is 3. The largest absolute Gasteiger partial charge is 0.342 e. The highest BCUT2D eigenvalue weighted by Gasteiger charge is 2.67. The molecule has 3 fully saturated rings. The molecule has 2 bridgehead atoms. The maximum atomic E-state index is 13.2. The molecular weight excluding hydrogens is 398 g/mol.